The molecule has 0 bridgehead atoms. The van der Waals surface area contributed by atoms with Gasteiger partial charge in [-0.2, -0.15) is 0 Å². The minimum Gasteiger partial charge on any atom is -0.357 e. The molecule has 0 amide bonds. The molecule has 1 fully saturated rings. The van der Waals surface area contributed by atoms with Crippen molar-refractivity contribution in [3.63, 3.8) is 0 Å². The van der Waals surface area contributed by atoms with Crippen LogP contribution in [-0.2, 0) is 13.1 Å². The van der Waals surface area contributed by atoms with Gasteiger partial charge in [-0.3, -0.25) is 0 Å². The Kier molecular flexibility index (Phi) is 7.43. The Hall–Kier alpha value is -2.86. The largest absolute Gasteiger partial charge is 0.357 e. The monoisotopic (exact) mass is 432 g/mol. The highest BCUT2D eigenvalue weighted by Gasteiger charge is 2.21. The molecule has 170 valence electrons. The number of guanidine groups is 1. The topological polar surface area (TPSA) is 57.5 Å². The summed E-state index contributed by atoms with van der Waals surface area (Å²) in [6.45, 7) is 11.4. The van der Waals surface area contributed by atoms with Crippen LogP contribution in [-0.4, -0.2) is 52.1 Å². The van der Waals surface area contributed by atoms with Gasteiger partial charge in [0.15, 0.2) is 5.96 Å². The van der Waals surface area contributed by atoms with E-state index in [4.69, 9.17) is 4.99 Å². The van der Waals surface area contributed by atoms with Crippen LogP contribution in [0.1, 0.15) is 44.7 Å². The van der Waals surface area contributed by atoms with E-state index in [1.165, 1.54) is 29.5 Å². The van der Waals surface area contributed by atoms with Crippen molar-refractivity contribution in [1.29, 1.82) is 0 Å². The number of hydrogen-bond donors (Lipinski definition) is 2. The standard InChI is InChI=1S/C26H36N6/c1-4-27-26(30-23-13-15-31(16-14-23)20(2)3)28-17-21-9-11-22(12-10-21)18-32-19-29-24-7-5-6-8-25(24)32/h5-12,19-20,23H,4,13-18H2,1-3H3,(H2,27,28,30). The van der Waals surface area contributed by atoms with Crippen molar-refractivity contribution in [1.82, 2.24) is 25.1 Å². The van der Waals surface area contributed by atoms with E-state index in [0.717, 1.165) is 37.7 Å². The number of nitrogens with one attached hydrogen (secondary N) is 2. The third-order valence-corrected chi connectivity index (χ3v) is 6.27. The van der Waals surface area contributed by atoms with Crippen LogP contribution in [0.2, 0.25) is 0 Å². The quantitative estimate of drug-likeness (QED) is 0.437. The number of likely N-dealkylation sites (tertiary alicyclic amines) is 1. The zero-order chi connectivity index (χ0) is 22.3. The lowest BCUT2D eigenvalue weighted by molar-refractivity contribution is 0.167. The zero-order valence-corrected chi connectivity index (χ0v) is 19.6. The highest BCUT2D eigenvalue weighted by Crippen LogP contribution is 2.15. The number of aromatic nitrogens is 2. The second kappa shape index (κ2) is 10.6. The van der Waals surface area contributed by atoms with Crippen molar-refractivity contribution in [3.05, 3.63) is 66.0 Å². The highest BCUT2D eigenvalue weighted by atomic mass is 15.2. The molecule has 2 N–H and O–H groups in total. The van der Waals surface area contributed by atoms with Gasteiger partial charge >= 0.3 is 0 Å². The Morgan fingerprint density at radius 2 is 1.78 bits per heavy atom. The molecule has 1 aromatic heterocycles. The molecule has 0 aliphatic carbocycles. The van der Waals surface area contributed by atoms with Gasteiger partial charge in [0.1, 0.15) is 0 Å². The van der Waals surface area contributed by atoms with Gasteiger partial charge in [-0.25, -0.2) is 9.98 Å². The maximum atomic E-state index is 4.84. The number of piperidine rings is 1. The molecule has 0 radical (unpaired) electrons. The van der Waals surface area contributed by atoms with Gasteiger partial charge in [0, 0.05) is 38.3 Å². The molecule has 0 spiro atoms. The summed E-state index contributed by atoms with van der Waals surface area (Å²) in [4.78, 5) is 11.9. The summed E-state index contributed by atoms with van der Waals surface area (Å²) < 4.78 is 2.19. The Labute approximate surface area is 191 Å². The molecule has 2 aromatic carbocycles. The summed E-state index contributed by atoms with van der Waals surface area (Å²) in [5, 5.41) is 7.05. The second-order valence-electron chi connectivity index (χ2n) is 8.92. The number of para-hydroxylation sites is 2. The maximum absolute atomic E-state index is 4.84. The minimum absolute atomic E-state index is 0.496. The predicted octanol–water partition coefficient (Wildman–Crippen LogP) is 4.01. The first-order valence-electron chi connectivity index (χ1n) is 11.9. The van der Waals surface area contributed by atoms with Crippen LogP contribution >= 0.6 is 0 Å². The first-order chi connectivity index (χ1) is 15.6. The predicted molar refractivity (Wildman–Crippen MR) is 133 cm³/mol. The SMILES string of the molecule is CCNC(=NCc1ccc(Cn2cnc3ccccc32)cc1)NC1CCN(C(C)C)CC1. The van der Waals surface area contributed by atoms with E-state index in [0.29, 0.717) is 18.6 Å². The molecule has 2 heterocycles. The number of nitrogens with zero attached hydrogens (tertiary/aromatic N) is 4. The summed E-state index contributed by atoms with van der Waals surface area (Å²) in [6, 6.07) is 18.1. The summed E-state index contributed by atoms with van der Waals surface area (Å²) in [7, 11) is 0. The van der Waals surface area contributed by atoms with Crippen LogP contribution < -0.4 is 10.6 Å². The molecular weight excluding hydrogens is 396 g/mol. The lowest BCUT2D eigenvalue weighted by Gasteiger charge is -2.35. The van der Waals surface area contributed by atoms with E-state index in [-0.39, 0.29) is 0 Å². The number of benzene rings is 2. The Morgan fingerprint density at radius 1 is 1.06 bits per heavy atom. The maximum Gasteiger partial charge on any atom is 0.191 e. The van der Waals surface area contributed by atoms with Crippen LogP contribution in [0.4, 0.5) is 0 Å². The van der Waals surface area contributed by atoms with Gasteiger partial charge in [0.25, 0.3) is 0 Å². The normalized spacial score (nSPS) is 16.1. The number of imidazole rings is 1. The van der Waals surface area contributed by atoms with Crippen molar-refractivity contribution >= 4 is 17.0 Å². The molecule has 4 rings (SSSR count). The van der Waals surface area contributed by atoms with Gasteiger partial charge in [0.05, 0.1) is 23.9 Å². The van der Waals surface area contributed by atoms with Crippen LogP contribution in [0.3, 0.4) is 0 Å². The lowest BCUT2D eigenvalue weighted by atomic mass is 10.0. The summed E-state index contributed by atoms with van der Waals surface area (Å²) in [5.41, 5.74) is 4.69. The molecule has 6 nitrogen and oxygen atoms in total. The molecule has 6 heteroatoms. The first kappa shape index (κ1) is 22.3. The molecule has 0 saturated carbocycles. The molecule has 0 unspecified atom stereocenters. The molecule has 32 heavy (non-hydrogen) atoms. The third-order valence-electron chi connectivity index (χ3n) is 6.27. The van der Waals surface area contributed by atoms with Gasteiger partial charge in [0.2, 0.25) is 0 Å². The summed E-state index contributed by atoms with van der Waals surface area (Å²) in [6.07, 6.45) is 4.25. The highest BCUT2D eigenvalue weighted by molar-refractivity contribution is 5.80. The smallest absolute Gasteiger partial charge is 0.191 e. The van der Waals surface area contributed by atoms with E-state index >= 15 is 0 Å². The van der Waals surface area contributed by atoms with Crippen molar-refractivity contribution in [2.75, 3.05) is 19.6 Å². The van der Waals surface area contributed by atoms with E-state index in [1.807, 2.05) is 12.4 Å². The van der Waals surface area contributed by atoms with E-state index in [9.17, 15) is 0 Å². The van der Waals surface area contributed by atoms with Crippen molar-refractivity contribution in [2.24, 2.45) is 4.99 Å². The average molecular weight is 433 g/mol. The van der Waals surface area contributed by atoms with Crippen molar-refractivity contribution < 1.29 is 0 Å². The van der Waals surface area contributed by atoms with Gasteiger partial charge in [-0.15, -0.1) is 0 Å². The molecule has 1 aliphatic rings. The fourth-order valence-corrected chi connectivity index (χ4v) is 4.33. The summed E-state index contributed by atoms with van der Waals surface area (Å²) in [5.74, 6) is 0.921. The second-order valence-corrected chi connectivity index (χ2v) is 8.92. The van der Waals surface area contributed by atoms with Gasteiger partial charge in [-0.05, 0) is 56.9 Å². The molecular formula is C26H36N6. The molecule has 1 aliphatic heterocycles. The Morgan fingerprint density at radius 3 is 2.50 bits per heavy atom. The van der Waals surface area contributed by atoms with Crippen LogP contribution in [0.25, 0.3) is 11.0 Å². The average Bonchev–Trinajstić information content (AvgIpc) is 3.22. The minimum atomic E-state index is 0.496. The lowest BCUT2D eigenvalue weighted by Crippen LogP contribution is -2.49. The molecule has 3 aromatic rings. The van der Waals surface area contributed by atoms with Crippen molar-refractivity contribution in [2.45, 2.75) is 58.8 Å². The van der Waals surface area contributed by atoms with Crippen LogP contribution in [0.15, 0.2) is 59.9 Å². The van der Waals surface area contributed by atoms with E-state index in [1.54, 1.807) is 0 Å². The van der Waals surface area contributed by atoms with Crippen LogP contribution in [0, 0.1) is 0 Å². The number of hydrogen-bond acceptors (Lipinski definition) is 3. The van der Waals surface area contributed by atoms with Crippen LogP contribution in [0.5, 0.6) is 0 Å². The first-order valence-corrected chi connectivity index (χ1v) is 11.9. The fourth-order valence-electron chi connectivity index (χ4n) is 4.33. The number of fused-ring (bicyclic) bond motifs is 1. The fraction of sp³-hybridized carbons (Fsp3) is 0.462. The Bertz CT molecular complexity index is 1010. The van der Waals surface area contributed by atoms with Crippen molar-refractivity contribution in [3.8, 4) is 0 Å². The summed E-state index contributed by atoms with van der Waals surface area (Å²) >= 11 is 0. The third kappa shape index (κ3) is 5.68. The van der Waals surface area contributed by atoms with Gasteiger partial charge < -0.3 is 20.1 Å². The number of rotatable bonds is 7. The van der Waals surface area contributed by atoms with E-state index in [2.05, 4.69) is 88.3 Å². The number of aliphatic imine (C=N–C) groups is 1. The Balaban J connectivity index is 1.34. The van der Waals surface area contributed by atoms with Gasteiger partial charge in [-0.1, -0.05) is 36.4 Å². The molecule has 1 saturated heterocycles. The van der Waals surface area contributed by atoms with E-state index < -0.39 is 0 Å². The molecule has 0 atom stereocenters. The zero-order valence-electron chi connectivity index (χ0n) is 19.6.